The highest BCUT2D eigenvalue weighted by atomic mass is 32.1. The summed E-state index contributed by atoms with van der Waals surface area (Å²) < 4.78 is 14.3. The van der Waals surface area contributed by atoms with Gasteiger partial charge in [0.25, 0.3) is 5.91 Å². The van der Waals surface area contributed by atoms with Crippen LogP contribution in [-0.2, 0) is 4.79 Å². The molecule has 35 heavy (non-hydrogen) atoms. The number of amides is 2. The largest absolute Gasteiger partial charge is 0.339 e. The Balaban J connectivity index is 1.40. The van der Waals surface area contributed by atoms with Gasteiger partial charge in [0.15, 0.2) is 5.13 Å². The molecule has 0 saturated carbocycles. The van der Waals surface area contributed by atoms with Gasteiger partial charge in [0.05, 0.1) is 15.9 Å². The summed E-state index contributed by atoms with van der Waals surface area (Å²) in [5, 5.41) is 0.658. The highest BCUT2D eigenvalue weighted by Crippen LogP contribution is 2.36. The van der Waals surface area contributed by atoms with Crippen molar-refractivity contribution < 1.29 is 14.0 Å². The van der Waals surface area contributed by atoms with E-state index in [4.69, 9.17) is 4.98 Å². The van der Waals surface area contributed by atoms with E-state index in [9.17, 15) is 14.0 Å². The number of hydrogen-bond acceptors (Lipinski definition) is 4. The van der Waals surface area contributed by atoms with Crippen molar-refractivity contribution in [1.29, 1.82) is 0 Å². The average Bonchev–Trinajstić information content (AvgIpc) is 3.27. The Labute approximate surface area is 207 Å². The Kier molecular flexibility index (Phi) is 6.34. The molecular weight excluding hydrogens is 461 g/mol. The van der Waals surface area contributed by atoms with Crippen molar-refractivity contribution in [3.05, 3.63) is 89.2 Å². The average molecular weight is 488 g/mol. The van der Waals surface area contributed by atoms with E-state index in [1.165, 1.54) is 35.6 Å². The maximum atomic E-state index is 13.9. The van der Waals surface area contributed by atoms with E-state index in [1.807, 2.05) is 50.2 Å². The lowest BCUT2D eigenvalue weighted by Crippen LogP contribution is -2.43. The number of rotatable bonds is 4. The van der Waals surface area contributed by atoms with Crippen molar-refractivity contribution in [2.75, 3.05) is 18.0 Å². The molecular formula is C28H26FN3O2S. The molecule has 0 radical (unpaired) electrons. The van der Waals surface area contributed by atoms with E-state index >= 15 is 0 Å². The number of aromatic nitrogens is 1. The molecule has 1 saturated heterocycles. The molecule has 7 heteroatoms. The maximum Gasteiger partial charge on any atom is 0.253 e. The lowest BCUT2D eigenvalue weighted by Gasteiger charge is -2.33. The van der Waals surface area contributed by atoms with Crippen LogP contribution >= 0.6 is 11.3 Å². The number of benzene rings is 3. The molecule has 5 nitrogen and oxygen atoms in total. The Morgan fingerprint density at radius 2 is 1.63 bits per heavy atom. The van der Waals surface area contributed by atoms with E-state index in [0.717, 1.165) is 27.0 Å². The summed E-state index contributed by atoms with van der Waals surface area (Å²) in [6, 6.07) is 19.6. The van der Waals surface area contributed by atoms with Gasteiger partial charge in [0, 0.05) is 24.6 Å². The van der Waals surface area contributed by atoms with E-state index in [-0.39, 0.29) is 23.5 Å². The number of likely N-dealkylation sites (tertiary alicyclic amines) is 1. The molecule has 0 atom stereocenters. The number of anilines is 2. The summed E-state index contributed by atoms with van der Waals surface area (Å²) in [5.41, 5.74) is 4.31. The van der Waals surface area contributed by atoms with Crippen molar-refractivity contribution in [2.24, 2.45) is 5.92 Å². The molecule has 2 amide bonds. The quantitative estimate of drug-likeness (QED) is 0.341. The Morgan fingerprint density at radius 1 is 0.971 bits per heavy atom. The molecule has 0 aliphatic carbocycles. The molecule has 1 aliphatic rings. The van der Waals surface area contributed by atoms with Crippen LogP contribution in [0.4, 0.5) is 15.2 Å². The lowest BCUT2D eigenvalue weighted by molar-refractivity contribution is -0.122. The molecule has 1 fully saturated rings. The molecule has 5 rings (SSSR count). The van der Waals surface area contributed by atoms with Crippen molar-refractivity contribution >= 4 is 44.2 Å². The highest BCUT2D eigenvalue weighted by Gasteiger charge is 2.33. The first kappa shape index (κ1) is 23.2. The van der Waals surface area contributed by atoms with Crippen LogP contribution in [0.2, 0.25) is 0 Å². The fourth-order valence-corrected chi connectivity index (χ4v) is 5.65. The third-order valence-electron chi connectivity index (χ3n) is 6.38. The first-order valence-electron chi connectivity index (χ1n) is 11.7. The van der Waals surface area contributed by atoms with Crippen LogP contribution in [0.15, 0.2) is 66.7 Å². The SMILES string of the molecule is Cc1cc(C)cc(N(C(=O)C2CCN(C(=O)c3ccc(F)cc3)CC2)c2nc3ccccc3s2)c1. The lowest BCUT2D eigenvalue weighted by atomic mass is 9.94. The van der Waals surface area contributed by atoms with Crippen LogP contribution in [0, 0.1) is 25.6 Å². The summed E-state index contributed by atoms with van der Waals surface area (Å²) in [4.78, 5) is 35.1. The van der Waals surface area contributed by atoms with Crippen molar-refractivity contribution in [1.82, 2.24) is 9.88 Å². The molecule has 1 aliphatic heterocycles. The minimum Gasteiger partial charge on any atom is -0.339 e. The number of para-hydroxylation sites is 1. The van der Waals surface area contributed by atoms with Crippen LogP contribution in [-0.4, -0.2) is 34.8 Å². The van der Waals surface area contributed by atoms with Crippen molar-refractivity contribution in [3.63, 3.8) is 0 Å². The number of carbonyl (C=O) groups is 2. The zero-order chi connectivity index (χ0) is 24.5. The predicted octanol–water partition coefficient (Wildman–Crippen LogP) is 6.27. The van der Waals surface area contributed by atoms with Gasteiger partial charge in [-0.25, -0.2) is 9.37 Å². The molecule has 1 aromatic heterocycles. The highest BCUT2D eigenvalue weighted by molar-refractivity contribution is 7.22. The zero-order valence-electron chi connectivity index (χ0n) is 19.7. The van der Waals surface area contributed by atoms with E-state index in [2.05, 4.69) is 6.07 Å². The summed E-state index contributed by atoms with van der Waals surface area (Å²) in [6.07, 6.45) is 1.13. The summed E-state index contributed by atoms with van der Waals surface area (Å²) in [6.45, 7) is 5.01. The van der Waals surface area contributed by atoms with Crippen LogP contribution in [0.5, 0.6) is 0 Å². The number of nitrogens with zero attached hydrogens (tertiary/aromatic N) is 3. The fourth-order valence-electron chi connectivity index (χ4n) is 4.65. The molecule has 2 heterocycles. The summed E-state index contributed by atoms with van der Waals surface area (Å²) in [7, 11) is 0. The second kappa shape index (κ2) is 9.58. The molecule has 0 N–H and O–H groups in total. The van der Waals surface area contributed by atoms with E-state index < -0.39 is 0 Å². The molecule has 0 spiro atoms. The third-order valence-corrected chi connectivity index (χ3v) is 7.40. The number of halogens is 1. The number of piperidine rings is 1. The standard InChI is InChI=1S/C28H26FN3O2S/c1-18-15-19(2)17-23(16-18)32(28-30-24-5-3-4-6-25(24)35-28)27(34)21-11-13-31(14-12-21)26(33)20-7-9-22(29)10-8-20/h3-10,15-17,21H,11-14H2,1-2H3. The Hall–Kier alpha value is -3.58. The zero-order valence-corrected chi connectivity index (χ0v) is 20.5. The first-order valence-corrected chi connectivity index (χ1v) is 12.5. The first-order chi connectivity index (χ1) is 16.9. The van der Waals surface area contributed by atoms with Crippen LogP contribution in [0.3, 0.4) is 0 Å². The van der Waals surface area contributed by atoms with Gasteiger partial charge < -0.3 is 4.90 Å². The second-order valence-corrected chi connectivity index (χ2v) is 10.1. The van der Waals surface area contributed by atoms with E-state index in [0.29, 0.717) is 36.6 Å². The number of carbonyl (C=O) groups excluding carboxylic acids is 2. The summed E-state index contributed by atoms with van der Waals surface area (Å²) >= 11 is 1.51. The monoisotopic (exact) mass is 487 g/mol. The van der Waals surface area contributed by atoms with E-state index in [1.54, 1.807) is 9.80 Å². The van der Waals surface area contributed by atoms with Crippen molar-refractivity contribution in [3.8, 4) is 0 Å². The van der Waals surface area contributed by atoms with Gasteiger partial charge in [0.1, 0.15) is 5.82 Å². The smallest absolute Gasteiger partial charge is 0.253 e. The van der Waals surface area contributed by atoms with Gasteiger partial charge >= 0.3 is 0 Å². The number of aryl methyl sites for hydroxylation is 2. The van der Waals surface area contributed by atoms with Crippen LogP contribution in [0.25, 0.3) is 10.2 Å². The molecule has 3 aromatic carbocycles. The molecule has 178 valence electrons. The van der Waals surface area contributed by atoms with Crippen LogP contribution in [0.1, 0.15) is 34.3 Å². The second-order valence-electron chi connectivity index (χ2n) is 9.06. The van der Waals surface area contributed by atoms with Gasteiger partial charge in [-0.15, -0.1) is 0 Å². The Morgan fingerprint density at radius 3 is 2.29 bits per heavy atom. The molecule has 0 unspecified atom stereocenters. The minimum absolute atomic E-state index is 0.00272. The maximum absolute atomic E-state index is 13.9. The number of fused-ring (bicyclic) bond motifs is 1. The van der Waals surface area contributed by atoms with Gasteiger partial charge in [-0.1, -0.05) is 29.5 Å². The minimum atomic E-state index is -0.368. The molecule has 4 aromatic rings. The van der Waals surface area contributed by atoms with Gasteiger partial charge in [-0.3, -0.25) is 14.5 Å². The number of hydrogen-bond donors (Lipinski definition) is 0. The van der Waals surface area contributed by atoms with Gasteiger partial charge in [-0.05, 0) is 86.3 Å². The topological polar surface area (TPSA) is 53.5 Å². The van der Waals surface area contributed by atoms with Crippen LogP contribution < -0.4 is 4.90 Å². The summed E-state index contributed by atoms with van der Waals surface area (Å²) in [5.74, 6) is -0.719. The molecule has 0 bridgehead atoms. The van der Waals surface area contributed by atoms with Crippen molar-refractivity contribution in [2.45, 2.75) is 26.7 Å². The third kappa shape index (κ3) is 4.82. The Bertz CT molecular complexity index is 1340. The predicted molar refractivity (Wildman–Crippen MR) is 138 cm³/mol. The fraction of sp³-hybridized carbons (Fsp3) is 0.250. The number of thiazole rings is 1. The normalized spacial score (nSPS) is 14.3. The van der Waals surface area contributed by atoms with Gasteiger partial charge in [0.2, 0.25) is 5.91 Å². The van der Waals surface area contributed by atoms with Gasteiger partial charge in [-0.2, -0.15) is 0 Å².